The van der Waals surface area contributed by atoms with Crippen molar-refractivity contribution in [1.29, 1.82) is 0 Å². The summed E-state index contributed by atoms with van der Waals surface area (Å²) in [7, 11) is 0. The molecule has 0 unspecified atom stereocenters. The SMILES string of the molecule is c1cc2c(cc1CCNCCN1CCCC1)OCCO2. The van der Waals surface area contributed by atoms with Crippen LogP contribution in [-0.4, -0.2) is 50.8 Å². The highest BCUT2D eigenvalue weighted by molar-refractivity contribution is 5.43. The summed E-state index contributed by atoms with van der Waals surface area (Å²) < 4.78 is 11.1. The number of ether oxygens (including phenoxy) is 2. The molecule has 0 aromatic heterocycles. The maximum atomic E-state index is 5.61. The summed E-state index contributed by atoms with van der Waals surface area (Å²) in [4.78, 5) is 2.54. The van der Waals surface area contributed by atoms with Crippen LogP contribution in [0.25, 0.3) is 0 Å². The maximum Gasteiger partial charge on any atom is 0.161 e. The molecule has 1 aromatic rings. The van der Waals surface area contributed by atoms with E-state index in [1.807, 2.05) is 6.07 Å². The van der Waals surface area contributed by atoms with Gasteiger partial charge >= 0.3 is 0 Å². The van der Waals surface area contributed by atoms with Crippen LogP contribution in [0.1, 0.15) is 18.4 Å². The van der Waals surface area contributed by atoms with Crippen LogP contribution >= 0.6 is 0 Å². The summed E-state index contributed by atoms with van der Waals surface area (Å²) in [6, 6.07) is 6.26. The zero-order chi connectivity index (χ0) is 13.6. The van der Waals surface area contributed by atoms with Gasteiger partial charge < -0.3 is 19.7 Å². The van der Waals surface area contributed by atoms with Crippen molar-refractivity contribution in [3.8, 4) is 11.5 Å². The van der Waals surface area contributed by atoms with Gasteiger partial charge in [-0.05, 0) is 56.6 Å². The van der Waals surface area contributed by atoms with E-state index >= 15 is 0 Å². The third-order valence-electron chi connectivity index (χ3n) is 4.00. The molecule has 110 valence electrons. The van der Waals surface area contributed by atoms with Gasteiger partial charge in [0.05, 0.1) is 0 Å². The number of hydrogen-bond donors (Lipinski definition) is 1. The molecule has 0 bridgehead atoms. The molecule has 0 aliphatic carbocycles. The fourth-order valence-electron chi connectivity index (χ4n) is 2.84. The maximum absolute atomic E-state index is 5.61. The minimum atomic E-state index is 0.657. The van der Waals surface area contributed by atoms with Gasteiger partial charge in [0.2, 0.25) is 0 Å². The minimum Gasteiger partial charge on any atom is -0.486 e. The lowest BCUT2D eigenvalue weighted by Crippen LogP contribution is -2.30. The smallest absolute Gasteiger partial charge is 0.161 e. The first-order chi connectivity index (χ1) is 9.92. The predicted molar refractivity (Wildman–Crippen MR) is 79.7 cm³/mol. The molecule has 0 radical (unpaired) electrons. The molecule has 1 aromatic carbocycles. The summed E-state index contributed by atoms with van der Waals surface area (Å²) in [6.45, 7) is 7.17. The largest absolute Gasteiger partial charge is 0.486 e. The molecule has 2 aliphatic heterocycles. The zero-order valence-corrected chi connectivity index (χ0v) is 12.1. The quantitative estimate of drug-likeness (QED) is 0.802. The lowest BCUT2D eigenvalue weighted by Gasteiger charge is -2.19. The first kappa shape index (κ1) is 13.7. The Morgan fingerprint density at radius 1 is 1.00 bits per heavy atom. The second kappa shape index (κ2) is 6.95. The highest BCUT2D eigenvalue weighted by Crippen LogP contribution is 2.30. The van der Waals surface area contributed by atoms with Gasteiger partial charge in [-0.2, -0.15) is 0 Å². The van der Waals surface area contributed by atoms with Gasteiger partial charge in [-0.15, -0.1) is 0 Å². The van der Waals surface area contributed by atoms with Gasteiger partial charge in [-0.25, -0.2) is 0 Å². The summed E-state index contributed by atoms with van der Waals surface area (Å²) in [5, 5.41) is 3.53. The van der Waals surface area contributed by atoms with E-state index in [4.69, 9.17) is 9.47 Å². The fraction of sp³-hybridized carbons (Fsp3) is 0.625. The Morgan fingerprint density at radius 3 is 2.65 bits per heavy atom. The monoisotopic (exact) mass is 276 g/mol. The topological polar surface area (TPSA) is 33.7 Å². The standard InChI is InChI=1S/C16H24N2O2/c1-2-9-18(8-1)10-7-17-6-5-14-3-4-15-16(13-14)20-12-11-19-15/h3-4,13,17H,1-2,5-12H2. The van der Waals surface area contributed by atoms with Crippen molar-refractivity contribution in [3.63, 3.8) is 0 Å². The first-order valence-corrected chi connectivity index (χ1v) is 7.73. The van der Waals surface area contributed by atoms with E-state index in [9.17, 15) is 0 Å². The highest BCUT2D eigenvalue weighted by atomic mass is 16.6. The second-order valence-corrected chi connectivity index (χ2v) is 5.53. The van der Waals surface area contributed by atoms with Crippen LogP contribution in [0.2, 0.25) is 0 Å². The molecule has 2 heterocycles. The predicted octanol–water partition coefficient (Wildman–Crippen LogP) is 1.69. The van der Waals surface area contributed by atoms with Crippen molar-refractivity contribution in [1.82, 2.24) is 10.2 Å². The van der Waals surface area contributed by atoms with Crippen LogP contribution in [0.4, 0.5) is 0 Å². The van der Waals surface area contributed by atoms with E-state index in [1.165, 1.54) is 38.0 Å². The van der Waals surface area contributed by atoms with Gasteiger partial charge in [0, 0.05) is 13.1 Å². The van der Waals surface area contributed by atoms with Gasteiger partial charge in [0.15, 0.2) is 11.5 Å². The Balaban J connectivity index is 1.37. The van der Waals surface area contributed by atoms with Gasteiger partial charge in [0.1, 0.15) is 13.2 Å². The first-order valence-electron chi connectivity index (χ1n) is 7.73. The summed E-state index contributed by atoms with van der Waals surface area (Å²) in [5.41, 5.74) is 1.31. The van der Waals surface area contributed by atoms with Gasteiger partial charge in [-0.1, -0.05) is 6.07 Å². The molecule has 20 heavy (non-hydrogen) atoms. The van der Waals surface area contributed by atoms with Crippen LogP contribution in [0.5, 0.6) is 11.5 Å². The van der Waals surface area contributed by atoms with Crippen molar-refractivity contribution in [2.75, 3.05) is 45.9 Å². The van der Waals surface area contributed by atoms with E-state index in [0.717, 1.165) is 31.0 Å². The molecular formula is C16H24N2O2. The molecule has 4 heteroatoms. The third-order valence-corrected chi connectivity index (χ3v) is 4.00. The van der Waals surface area contributed by atoms with E-state index in [0.29, 0.717) is 13.2 Å². The van der Waals surface area contributed by atoms with E-state index < -0.39 is 0 Å². The average molecular weight is 276 g/mol. The molecule has 1 fully saturated rings. The molecular weight excluding hydrogens is 252 g/mol. The molecule has 4 nitrogen and oxygen atoms in total. The van der Waals surface area contributed by atoms with Crippen LogP contribution in [0.15, 0.2) is 18.2 Å². The Kier molecular flexibility index (Phi) is 4.77. The minimum absolute atomic E-state index is 0.657. The van der Waals surface area contributed by atoms with Gasteiger partial charge in [0.25, 0.3) is 0 Å². The number of nitrogens with one attached hydrogen (secondary N) is 1. The second-order valence-electron chi connectivity index (χ2n) is 5.53. The molecule has 2 aliphatic rings. The molecule has 0 amide bonds. The van der Waals surface area contributed by atoms with Crippen molar-refractivity contribution in [2.45, 2.75) is 19.3 Å². The summed E-state index contributed by atoms with van der Waals surface area (Å²) in [5.74, 6) is 1.77. The van der Waals surface area contributed by atoms with Crippen molar-refractivity contribution >= 4 is 0 Å². The Bertz CT molecular complexity index is 430. The van der Waals surface area contributed by atoms with Crippen molar-refractivity contribution in [3.05, 3.63) is 23.8 Å². The van der Waals surface area contributed by atoms with E-state index in [-0.39, 0.29) is 0 Å². The highest BCUT2D eigenvalue weighted by Gasteiger charge is 2.12. The lowest BCUT2D eigenvalue weighted by atomic mass is 10.1. The number of nitrogens with zero attached hydrogens (tertiary/aromatic N) is 1. The summed E-state index contributed by atoms with van der Waals surface area (Å²) in [6.07, 6.45) is 3.78. The third kappa shape index (κ3) is 3.64. The molecule has 0 atom stereocenters. The van der Waals surface area contributed by atoms with Crippen LogP contribution in [-0.2, 0) is 6.42 Å². The number of fused-ring (bicyclic) bond motifs is 1. The van der Waals surface area contributed by atoms with E-state index in [1.54, 1.807) is 0 Å². The Morgan fingerprint density at radius 2 is 1.80 bits per heavy atom. The van der Waals surface area contributed by atoms with Crippen LogP contribution < -0.4 is 14.8 Å². The van der Waals surface area contributed by atoms with Crippen LogP contribution in [0, 0.1) is 0 Å². The lowest BCUT2D eigenvalue weighted by molar-refractivity contribution is 0.171. The molecule has 1 saturated heterocycles. The van der Waals surface area contributed by atoms with Gasteiger partial charge in [-0.3, -0.25) is 0 Å². The van der Waals surface area contributed by atoms with Crippen LogP contribution in [0.3, 0.4) is 0 Å². The number of rotatable bonds is 6. The fourth-order valence-corrected chi connectivity index (χ4v) is 2.84. The zero-order valence-electron chi connectivity index (χ0n) is 12.1. The molecule has 0 saturated carbocycles. The van der Waals surface area contributed by atoms with Crippen molar-refractivity contribution < 1.29 is 9.47 Å². The molecule has 1 N–H and O–H groups in total. The number of benzene rings is 1. The normalized spacial score (nSPS) is 18.4. The Labute approximate surface area is 121 Å². The summed E-state index contributed by atoms with van der Waals surface area (Å²) >= 11 is 0. The average Bonchev–Trinajstić information content (AvgIpc) is 3.00. The molecule has 0 spiro atoms. The molecule has 3 rings (SSSR count). The van der Waals surface area contributed by atoms with E-state index in [2.05, 4.69) is 22.3 Å². The number of hydrogen-bond acceptors (Lipinski definition) is 4. The van der Waals surface area contributed by atoms with Crippen molar-refractivity contribution in [2.24, 2.45) is 0 Å². The Hall–Kier alpha value is -1.26. The number of likely N-dealkylation sites (tertiary alicyclic amines) is 1.